The summed E-state index contributed by atoms with van der Waals surface area (Å²) >= 11 is 31.3. The van der Waals surface area contributed by atoms with Crippen LogP contribution in [0.4, 0.5) is 5.69 Å². The van der Waals surface area contributed by atoms with Crippen LogP contribution in [0.3, 0.4) is 0 Å². The average molecular weight is 599 g/mol. The standard InChI is InChI=1S/C26H17Cl5N2O4/c1-3-37-13-9-7-12(8-10-13)22-23(26(36)32(22)15-6-4-5-14(27)11(15)2)33-24(34)16-17(25(33)35)19(29)21(31)20(30)18(16)28/h4-10,22-23H,3H2,1-2H3. The minimum atomic E-state index is -1.17. The molecular formula is C26H17Cl5N2O4. The summed E-state index contributed by atoms with van der Waals surface area (Å²) in [4.78, 5) is 43.2. The third-order valence-electron chi connectivity index (χ3n) is 6.51. The van der Waals surface area contributed by atoms with Crippen molar-refractivity contribution in [3.63, 3.8) is 0 Å². The molecule has 3 aromatic carbocycles. The van der Waals surface area contributed by atoms with Gasteiger partial charge in [0.05, 0.1) is 43.9 Å². The van der Waals surface area contributed by atoms with Crippen molar-refractivity contribution in [2.75, 3.05) is 11.5 Å². The number of halogens is 5. The maximum atomic E-state index is 13.7. The highest BCUT2D eigenvalue weighted by atomic mass is 35.5. The van der Waals surface area contributed by atoms with Crippen LogP contribution in [0, 0.1) is 6.92 Å². The van der Waals surface area contributed by atoms with Gasteiger partial charge in [-0.3, -0.25) is 19.3 Å². The number of hydrogen-bond donors (Lipinski definition) is 0. The Balaban J connectivity index is 1.63. The largest absolute Gasteiger partial charge is 0.494 e. The van der Waals surface area contributed by atoms with Crippen LogP contribution in [-0.2, 0) is 4.79 Å². The molecule has 190 valence electrons. The van der Waals surface area contributed by atoms with E-state index in [2.05, 4.69) is 0 Å². The molecule has 0 saturated carbocycles. The van der Waals surface area contributed by atoms with Gasteiger partial charge in [0.25, 0.3) is 17.7 Å². The highest BCUT2D eigenvalue weighted by Crippen LogP contribution is 2.50. The summed E-state index contributed by atoms with van der Waals surface area (Å²) in [7, 11) is 0. The minimum absolute atomic E-state index is 0.144. The van der Waals surface area contributed by atoms with E-state index in [9.17, 15) is 14.4 Å². The molecule has 2 unspecified atom stereocenters. The number of carbonyl (C=O) groups excluding carboxylic acids is 3. The Morgan fingerprint density at radius 2 is 1.32 bits per heavy atom. The van der Waals surface area contributed by atoms with Gasteiger partial charge in [0.15, 0.2) is 0 Å². The Labute approximate surface area is 237 Å². The summed E-state index contributed by atoms with van der Waals surface area (Å²) in [6.07, 6.45) is 0. The summed E-state index contributed by atoms with van der Waals surface area (Å²) in [6.45, 7) is 4.15. The molecule has 2 atom stereocenters. The first-order chi connectivity index (χ1) is 17.6. The molecule has 37 heavy (non-hydrogen) atoms. The number of β-lactam (4-membered cyclic amide) rings is 1. The summed E-state index contributed by atoms with van der Waals surface area (Å²) in [5.74, 6) is -1.38. The van der Waals surface area contributed by atoms with Crippen LogP contribution in [0.5, 0.6) is 5.75 Å². The average Bonchev–Trinajstić information content (AvgIpc) is 3.13. The van der Waals surface area contributed by atoms with E-state index in [1.54, 1.807) is 49.4 Å². The van der Waals surface area contributed by atoms with Crippen molar-refractivity contribution >= 4 is 81.4 Å². The van der Waals surface area contributed by atoms with Gasteiger partial charge in [-0.2, -0.15) is 0 Å². The second-order valence-electron chi connectivity index (χ2n) is 8.47. The molecule has 11 heteroatoms. The van der Waals surface area contributed by atoms with Crippen LogP contribution in [0.2, 0.25) is 25.1 Å². The van der Waals surface area contributed by atoms with Crippen molar-refractivity contribution in [2.45, 2.75) is 25.9 Å². The van der Waals surface area contributed by atoms with E-state index >= 15 is 0 Å². The van der Waals surface area contributed by atoms with Crippen LogP contribution < -0.4 is 9.64 Å². The fourth-order valence-corrected chi connectivity index (χ4v) is 5.91. The molecule has 2 aliphatic rings. The summed E-state index contributed by atoms with van der Waals surface area (Å²) < 4.78 is 5.54. The van der Waals surface area contributed by atoms with Crippen molar-refractivity contribution in [3.8, 4) is 5.75 Å². The quantitative estimate of drug-likeness (QED) is 0.133. The molecule has 0 radical (unpaired) electrons. The number of fused-ring (bicyclic) bond motifs is 1. The van der Waals surface area contributed by atoms with Crippen LogP contribution in [0.15, 0.2) is 42.5 Å². The normalized spacial score (nSPS) is 18.8. The number of anilines is 1. The number of hydrogen-bond acceptors (Lipinski definition) is 4. The smallest absolute Gasteiger partial charge is 0.264 e. The first-order valence-corrected chi connectivity index (χ1v) is 13.0. The van der Waals surface area contributed by atoms with Crippen molar-refractivity contribution in [2.24, 2.45) is 0 Å². The molecule has 0 aliphatic carbocycles. The number of imide groups is 1. The third-order valence-corrected chi connectivity index (χ3v) is 8.72. The van der Waals surface area contributed by atoms with Gasteiger partial charge in [-0.15, -0.1) is 0 Å². The number of rotatable bonds is 5. The summed E-state index contributed by atoms with van der Waals surface area (Å²) in [5.41, 5.74) is 1.56. The number of benzene rings is 3. The van der Waals surface area contributed by atoms with Crippen LogP contribution >= 0.6 is 58.0 Å². The molecule has 1 saturated heterocycles. The molecule has 0 aromatic heterocycles. The molecule has 1 fully saturated rings. The molecule has 0 N–H and O–H groups in total. The maximum Gasteiger partial charge on any atom is 0.264 e. The second kappa shape index (κ2) is 9.68. The fraction of sp³-hybridized carbons (Fsp3) is 0.192. The molecule has 6 nitrogen and oxygen atoms in total. The van der Waals surface area contributed by atoms with E-state index in [1.165, 1.54) is 4.90 Å². The lowest BCUT2D eigenvalue weighted by Crippen LogP contribution is -2.67. The van der Waals surface area contributed by atoms with E-state index in [1.807, 2.05) is 6.92 Å². The fourth-order valence-electron chi connectivity index (χ4n) is 4.73. The predicted molar refractivity (Wildman–Crippen MR) is 145 cm³/mol. The van der Waals surface area contributed by atoms with E-state index in [0.29, 0.717) is 34.2 Å². The lowest BCUT2D eigenvalue weighted by molar-refractivity contribution is -0.130. The highest BCUT2D eigenvalue weighted by molar-refractivity contribution is 6.55. The number of carbonyl (C=O) groups is 3. The lowest BCUT2D eigenvalue weighted by atomic mass is 9.85. The van der Waals surface area contributed by atoms with E-state index in [-0.39, 0.29) is 31.2 Å². The van der Waals surface area contributed by atoms with Crippen molar-refractivity contribution in [1.29, 1.82) is 0 Å². The minimum Gasteiger partial charge on any atom is -0.494 e. The SMILES string of the molecule is CCOc1ccc(C2C(N3C(=O)c4c(Cl)c(Cl)c(Cl)c(Cl)c4C3=O)C(=O)N2c2cccc(Cl)c2C)cc1. The first kappa shape index (κ1) is 26.1. The van der Waals surface area contributed by atoms with Gasteiger partial charge in [-0.25, -0.2) is 0 Å². The topological polar surface area (TPSA) is 66.9 Å². The zero-order valence-electron chi connectivity index (χ0n) is 19.3. The van der Waals surface area contributed by atoms with Gasteiger partial charge in [0.1, 0.15) is 11.8 Å². The molecule has 0 bridgehead atoms. The van der Waals surface area contributed by atoms with E-state index in [0.717, 1.165) is 4.90 Å². The Kier molecular flexibility index (Phi) is 6.84. The predicted octanol–water partition coefficient (Wildman–Crippen LogP) is 7.41. The first-order valence-electron chi connectivity index (χ1n) is 11.1. The van der Waals surface area contributed by atoms with Gasteiger partial charge >= 0.3 is 0 Å². The third kappa shape index (κ3) is 3.89. The zero-order chi connectivity index (χ0) is 26.8. The number of amides is 3. The van der Waals surface area contributed by atoms with E-state index < -0.39 is 29.8 Å². The number of nitrogens with zero attached hydrogens (tertiary/aromatic N) is 2. The summed E-state index contributed by atoms with van der Waals surface area (Å²) in [6, 6.07) is 10.4. The monoisotopic (exact) mass is 596 g/mol. The van der Waals surface area contributed by atoms with E-state index in [4.69, 9.17) is 62.7 Å². The zero-order valence-corrected chi connectivity index (χ0v) is 23.1. The van der Waals surface area contributed by atoms with Crippen molar-refractivity contribution < 1.29 is 19.1 Å². The maximum absolute atomic E-state index is 13.7. The van der Waals surface area contributed by atoms with Gasteiger partial charge in [0.2, 0.25) is 0 Å². The summed E-state index contributed by atoms with van der Waals surface area (Å²) in [5, 5.41) is -0.205. The van der Waals surface area contributed by atoms with Gasteiger partial charge in [0, 0.05) is 10.7 Å². The molecule has 3 aromatic rings. The lowest BCUT2D eigenvalue weighted by Gasteiger charge is -2.50. The molecular weight excluding hydrogens is 582 g/mol. The van der Waals surface area contributed by atoms with Gasteiger partial charge < -0.3 is 9.64 Å². The number of ether oxygens (including phenoxy) is 1. The Hall–Kier alpha value is -2.48. The Bertz CT molecular complexity index is 1440. The molecule has 2 heterocycles. The second-order valence-corrected chi connectivity index (χ2v) is 10.4. The molecule has 3 amide bonds. The van der Waals surface area contributed by atoms with Crippen molar-refractivity contribution in [1.82, 2.24) is 4.90 Å². The van der Waals surface area contributed by atoms with Crippen LogP contribution in [0.25, 0.3) is 0 Å². The van der Waals surface area contributed by atoms with Crippen molar-refractivity contribution in [3.05, 3.63) is 89.8 Å². The highest BCUT2D eigenvalue weighted by Gasteiger charge is 2.58. The Morgan fingerprint density at radius 3 is 1.86 bits per heavy atom. The van der Waals surface area contributed by atoms with Crippen LogP contribution in [0.1, 0.15) is 44.8 Å². The van der Waals surface area contributed by atoms with Crippen LogP contribution in [-0.4, -0.2) is 35.3 Å². The van der Waals surface area contributed by atoms with Gasteiger partial charge in [-0.1, -0.05) is 76.2 Å². The molecule has 5 rings (SSSR count). The van der Waals surface area contributed by atoms with Gasteiger partial charge in [-0.05, 0) is 49.2 Å². The molecule has 2 aliphatic heterocycles. The Morgan fingerprint density at radius 1 is 0.757 bits per heavy atom. The molecule has 0 spiro atoms.